The zero-order valence-electron chi connectivity index (χ0n) is 16.2. The molecule has 0 aliphatic heterocycles. The molecule has 0 saturated carbocycles. The third-order valence-electron chi connectivity index (χ3n) is 4.47. The van der Waals surface area contributed by atoms with Crippen molar-refractivity contribution in [2.24, 2.45) is 0 Å². The number of benzene rings is 2. The fourth-order valence-corrected chi connectivity index (χ4v) is 2.81. The summed E-state index contributed by atoms with van der Waals surface area (Å²) >= 11 is 0. The van der Waals surface area contributed by atoms with Gasteiger partial charge in [-0.3, -0.25) is 4.79 Å². The lowest BCUT2D eigenvalue weighted by Gasteiger charge is -2.10. The van der Waals surface area contributed by atoms with Crippen molar-refractivity contribution in [2.75, 3.05) is 26.1 Å². The van der Waals surface area contributed by atoms with Gasteiger partial charge in [0.15, 0.2) is 0 Å². The lowest BCUT2D eigenvalue weighted by atomic mass is 10.0. The highest BCUT2D eigenvalue weighted by atomic mass is 16.5. The van der Waals surface area contributed by atoms with Crippen molar-refractivity contribution in [3.8, 4) is 23.0 Å². The molecule has 0 atom stereocenters. The van der Waals surface area contributed by atoms with Crippen molar-refractivity contribution in [3.63, 3.8) is 0 Å². The average molecular weight is 377 g/mol. The zero-order valence-corrected chi connectivity index (χ0v) is 16.2. The van der Waals surface area contributed by atoms with Crippen LogP contribution >= 0.6 is 0 Å². The Bertz CT molecular complexity index is 956. The molecule has 3 aromatic rings. The predicted octanol–water partition coefficient (Wildman–Crippen LogP) is 3.94. The van der Waals surface area contributed by atoms with Gasteiger partial charge in [-0.1, -0.05) is 24.3 Å². The number of carbonyl (C=O) groups excluding carboxylic acids is 1. The van der Waals surface area contributed by atoms with E-state index in [1.165, 1.54) is 12.7 Å². The summed E-state index contributed by atoms with van der Waals surface area (Å²) in [5, 5.41) is 3.31. The minimum absolute atomic E-state index is 0.276. The van der Waals surface area contributed by atoms with Gasteiger partial charge in [-0.2, -0.15) is 9.97 Å². The Labute approximate surface area is 164 Å². The van der Waals surface area contributed by atoms with Crippen molar-refractivity contribution < 1.29 is 14.3 Å². The Hall–Kier alpha value is -3.41. The first-order valence-electron chi connectivity index (χ1n) is 8.99. The first-order chi connectivity index (χ1) is 13.6. The molecule has 6 nitrogen and oxygen atoms in total. The normalized spacial score (nSPS) is 10.4. The lowest BCUT2D eigenvalue weighted by molar-refractivity contribution is 0.112. The Kier molecular flexibility index (Phi) is 6.22. The van der Waals surface area contributed by atoms with E-state index in [0.29, 0.717) is 23.6 Å². The first-order valence-corrected chi connectivity index (χ1v) is 8.99. The second-order valence-corrected chi connectivity index (χ2v) is 6.34. The van der Waals surface area contributed by atoms with Gasteiger partial charge in [-0.05, 0) is 42.7 Å². The molecule has 0 aliphatic rings. The van der Waals surface area contributed by atoms with Crippen molar-refractivity contribution in [2.45, 2.75) is 13.3 Å². The van der Waals surface area contributed by atoms with E-state index in [9.17, 15) is 4.79 Å². The number of rotatable bonds is 8. The summed E-state index contributed by atoms with van der Waals surface area (Å²) in [6.07, 6.45) is 1.69. The summed E-state index contributed by atoms with van der Waals surface area (Å²) in [4.78, 5) is 20.0. The maximum absolute atomic E-state index is 11.2. The highest BCUT2D eigenvalue weighted by Gasteiger charge is 2.09. The Morgan fingerprint density at radius 3 is 2.46 bits per heavy atom. The largest absolute Gasteiger partial charge is 0.497 e. The van der Waals surface area contributed by atoms with Crippen LogP contribution in [-0.2, 0) is 6.42 Å². The third kappa shape index (κ3) is 4.65. The molecular formula is C22H23N3O3. The van der Waals surface area contributed by atoms with Crippen molar-refractivity contribution in [1.29, 1.82) is 0 Å². The number of nitrogens with zero attached hydrogens (tertiary/aromatic N) is 2. The second kappa shape index (κ2) is 8.99. The molecule has 0 aliphatic carbocycles. The van der Waals surface area contributed by atoms with Crippen LogP contribution in [0.25, 0.3) is 11.3 Å². The number of carbonyl (C=O) groups is 1. The van der Waals surface area contributed by atoms with Gasteiger partial charge in [-0.15, -0.1) is 0 Å². The van der Waals surface area contributed by atoms with Crippen LogP contribution in [0.2, 0.25) is 0 Å². The molecule has 144 valence electrons. The van der Waals surface area contributed by atoms with Crippen LogP contribution in [0.3, 0.4) is 0 Å². The van der Waals surface area contributed by atoms with Gasteiger partial charge in [0, 0.05) is 23.7 Å². The number of hydrogen-bond donors (Lipinski definition) is 1. The fourth-order valence-electron chi connectivity index (χ4n) is 2.81. The summed E-state index contributed by atoms with van der Waals surface area (Å²) in [7, 11) is 3.19. The van der Waals surface area contributed by atoms with Crippen molar-refractivity contribution in [1.82, 2.24) is 9.97 Å². The minimum Gasteiger partial charge on any atom is -0.497 e. The topological polar surface area (TPSA) is 73.3 Å². The maximum atomic E-state index is 11.2. The molecule has 0 spiro atoms. The molecule has 1 heterocycles. The maximum Gasteiger partial charge on any atom is 0.318 e. The quantitative estimate of drug-likeness (QED) is 0.600. The summed E-state index contributed by atoms with van der Waals surface area (Å²) < 4.78 is 10.4. The van der Waals surface area contributed by atoms with Gasteiger partial charge >= 0.3 is 6.01 Å². The number of aryl methyl sites for hydroxylation is 1. The average Bonchev–Trinajstić information content (AvgIpc) is 2.74. The van der Waals surface area contributed by atoms with Gasteiger partial charge in [0.2, 0.25) is 0 Å². The summed E-state index contributed by atoms with van der Waals surface area (Å²) in [5.41, 5.74) is 4.30. The van der Waals surface area contributed by atoms with Gasteiger partial charge in [0.25, 0.3) is 0 Å². The van der Waals surface area contributed by atoms with E-state index in [1.54, 1.807) is 7.11 Å². The Morgan fingerprint density at radius 1 is 1.00 bits per heavy atom. The monoisotopic (exact) mass is 377 g/mol. The van der Waals surface area contributed by atoms with Crippen LogP contribution < -0.4 is 14.8 Å². The van der Waals surface area contributed by atoms with Gasteiger partial charge < -0.3 is 14.8 Å². The number of aldehydes is 1. The van der Waals surface area contributed by atoms with Crippen LogP contribution in [0.4, 0.5) is 5.82 Å². The number of anilines is 1. The molecular weight excluding hydrogens is 354 g/mol. The molecule has 2 aromatic carbocycles. The van der Waals surface area contributed by atoms with E-state index in [4.69, 9.17) is 9.47 Å². The number of ether oxygens (including phenoxy) is 2. The highest BCUT2D eigenvalue weighted by Crippen LogP contribution is 2.24. The Morgan fingerprint density at radius 2 is 1.79 bits per heavy atom. The summed E-state index contributed by atoms with van der Waals surface area (Å²) in [6.45, 7) is 2.61. The third-order valence-corrected chi connectivity index (χ3v) is 4.47. The van der Waals surface area contributed by atoms with E-state index in [2.05, 4.69) is 15.3 Å². The van der Waals surface area contributed by atoms with Gasteiger partial charge in [0.05, 0.1) is 19.9 Å². The number of nitrogens with one attached hydrogen (secondary N) is 1. The molecule has 0 saturated heterocycles. The number of aromatic nitrogens is 2. The van der Waals surface area contributed by atoms with Crippen molar-refractivity contribution in [3.05, 3.63) is 65.2 Å². The van der Waals surface area contributed by atoms with E-state index >= 15 is 0 Å². The summed E-state index contributed by atoms with van der Waals surface area (Å²) in [5.74, 6) is 1.51. The molecule has 28 heavy (non-hydrogen) atoms. The molecule has 3 rings (SSSR count). The second-order valence-electron chi connectivity index (χ2n) is 6.34. The molecule has 1 aromatic heterocycles. The van der Waals surface area contributed by atoms with Crippen LogP contribution in [0.15, 0.2) is 48.5 Å². The number of hydrogen-bond acceptors (Lipinski definition) is 6. The summed E-state index contributed by atoms with van der Waals surface area (Å²) in [6, 6.07) is 15.8. The molecule has 0 fully saturated rings. The van der Waals surface area contributed by atoms with Crippen LogP contribution in [-0.4, -0.2) is 37.0 Å². The molecule has 0 unspecified atom stereocenters. The van der Waals surface area contributed by atoms with Gasteiger partial charge in [0.1, 0.15) is 17.9 Å². The molecule has 0 amide bonds. The van der Waals surface area contributed by atoms with Crippen molar-refractivity contribution >= 4 is 12.1 Å². The predicted molar refractivity (Wildman–Crippen MR) is 109 cm³/mol. The molecule has 6 heteroatoms. The smallest absolute Gasteiger partial charge is 0.318 e. The lowest BCUT2D eigenvalue weighted by Crippen LogP contribution is -2.08. The van der Waals surface area contributed by atoms with E-state index in [0.717, 1.165) is 29.6 Å². The highest BCUT2D eigenvalue weighted by molar-refractivity contribution is 5.80. The first kappa shape index (κ1) is 19.4. The molecule has 0 bridgehead atoms. The number of methoxy groups -OCH3 is 2. The molecule has 1 N–H and O–H groups in total. The molecule has 0 radical (unpaired) electrons. The van der Waals surface area contributed by atoms with Crippen LogP contribution in [0, 0.1) is 6.92 Å². The van der Waals surface area contributed by atoms with E-state index < -0.39 is 0 Å². The Balaban J connectivity index is 1.76. The van der Waals surface area contributed by atoms with Gasteiger partial charge in [-0.25, -0.2) is 0 Å². The van der Waals surface area contributed by atoms with E-state index in [-0.39, 0.29) is 6.01 Å². The standard InChI is InChI=1S/C22H23N3O3/c1-15-4-7-17(12-18(15)14-26)20-13-21(25-22(24-20)28-3)23-11-10-16-5-8-19(27-2)9-6-16/h4-9,12-14H,10-11H2,1-3H3,(H,23,24,25). The van der Waals surface area contributed by atoms with Crippen LogP contribution in [0.1, 0.15) is 21.5 Å². The fraction of sp³-hybridized carbons (Fsp3) is 0.227. The van der Waals surface area contributed by atoms with E-state index in [1.807, 2.05) is 55.5 Å². The zero-order chi connectivity index (χ0) is 19.9. The van der Waals surface area contributed by atoms with Crippen LogP contribution in [0.5, 0.6) is 11.8 Å². The minimum atomic E-state index is 0.276. The SMILES string of the molecule is COc1ccc(CCNc2cc(-c3ccc(C)c(C=O)c3)nc(OC)n2)cc1.